The first-order valence-electron chi connectivity index (χ1n) is 13.9. The highest BCUT2D eigenvalue weighted by atomic mass is 35.5. The van der Waals surface area contributed by atoms with Gasteiger partial charge in [-0.05, 0) is 61.2 Å². The summed E-state index contributed by atoms with van der Waals surface area (Å²) in [5.41, 5.74) is 1.02. The summed E-state index contributed by atoms with van der Waals surface area (Å²) in [6, 6.07) is 20.8. The van der Waals surface area contributed by atoms with Crippen molar-refractivity contribution in [2.45, 2.75) is 69.0 Å². The number of hydrogen-bond donors (Lipinski definition) is 1. The van der Waals surface area contributed by atoms with Crippen LogP contribution in [0.1, 0.15) is 51.0 Å². The number of nitrogens with one attached hydrogen (secondary N) is 1. The van der Waals surface area contributed by atoms with Crippen LogP contribution in [0, 0.1) is 0 Å². The Morgan fingerprint density at radius 1 is 0.902 bits per heavy atom. The number of hydrogen-bond acceptors (Lipinski definition) is 4. The summed E-state index contributed by atoms with van der Waals surface area (Å²) < 4.78 is 28.7. The van der Waals surface area contributed by atoms with Crippen LogP contribution in [-0.2, 0) is 26.2 Å². The number of anilines is 1. The highest BCUT2D eigenvalue weighted by Crippen LogP contribution is 2.27. The van der Waals surface area contributed by atoms with Gasteiger partial charge in [-0.3, -0.25) is 13.9 Å². The molecule has 0 heterocycles. The molecule has 1 unspecified atom stereocenters. The van der Waals surface area contributed by atoms with Crippen molar-refractivity contribution in [2.75, 3.05) is 10.8 Å². The van der Waals surface area contributed by atoms with E-state index in [1.807, 2.05) is 6.92 Å². The van der Waals surface area contributed by atoms with E-state index in [9.17, 15) is 18.0 Å². The standard InChI is InChI=1S/C31H35Cl2N3O4S/c1-2-29(31(38)34-24-12-6-3-7-13-24)35(21-23-18-19-27(32)28(33)20-23)30(37)22-36(25-14-8-4-9-15-25)41(39,40)26-16-10-5-11-17-26/h4-5,8-11,14-20,24,29H,2-3,6-7,12-13,21-22H2,1H3,(H,34,38). The fourth-order valence-corrected chi connectivity index (χ4v) is 6.90. The first-order chi connectivity index (χ1) is 19.7. The predicted molar refractivity (Wildman–Crippen MR) is 164 cm³/mol. The Morgan fingerprint density at radius 3 is 2.15 bits per heavy atom. The molecule has 1 atom stereocenters. The molecule has 218 valence electrons. The van der Waals surface area contributed by atoms with E-state index in [4.69, 9.17) is 23.2 Å². The molecule has 1 aliphatic carbocycles. The Balaban J connectivity index is 1.69. The summed E-state index contributed by atoms with van der Waals surface area (Å²) in [4.78, 5) is 29.2. The second-order valence-electron chi connectivity index (χ2n) is 10.2. The van der Waals surface area contributed by atoms with Gasteiger partial charge in [-0.1, -0.05) is 91.9 Å². The third-order valence-electron chi connectivity index (χ3n) is 7.33. The van der Waals surface area contributed by atoms with Gasteiger partial charge in [-0.25, -0.2) is 8.42 Å². The molecule has 3 aromatic rings. The number of nitrogens with zero attached hydrogens (tertiary/aromatic N) is 2. The maximum absolute atomic E-state index is 14.1. The maximum Gasteiger partial charge on any atom is 0.264 e. The Morgan fingerprint density at radius 2 is 1.54 bits per heavy atom. The smallest absolute Gasteiger partial charge is 0.264 e. The molecule has 0 saturated heterocycles. The predicted octanol–water partition coefficient (Wildman–Crippen LogP) is 6.45. The fourth-order valence-electron chi connectivity index (χ4n) is 5.14. The van der Waals surface area contributed by atoms with Gasteiger partial charge in [0.1, 0.15) is 12.6 Å². The Hall–Kier alpha value is -3.07. The molecule has 7 nitrogen and oxygen atoms in total. The van der Waals surface area contributed by atoms with E-state index in [0.717, 1.165) is 36.4 Å². The van der Waals surface area contributed by atoms with E-state index >= 15 is 0 Å². The van der Waals surface area contributed by atoms with Crippen molar-refractivity contribution in [3.8, 4) is 0 Å². The minimum Gasteiger partial charge on any atom is -0.352 e. The van der Waals surface area contributed by atoms with Gasteiger partial charge in [-0.15, -0.1) is 0 Å². The average Bonchev–Trinajstić information content (AvgIpc) is 2.98. The molecular formula is C31H35Cl2N3O4S. The number of halogens is 2. The molecule has 1 fully saturated rings. The SMILES string of the molecule is CCC(C(=O)NC1CCCCC1)N(Cc1ccc(Cl)c(Cl)c1)C(=O)CN(c1ccccc1)S(=O)(=O)c1ccccc1. The molecule has 0 radical (unpaired) electrons. The molecule has 3 aromatic carbocycles. The molecular weight excluding hydrogens is 581 g/mol. The van der Waals surface area contributed by atoms with Crippen LogP contribution in [0.3, 0.4) is 0 Å². The van der Waals surface area contributed by atoms with E-state index in [2.05, 4.69) is 5.32 Å². The normalized spacial score (nSPS) is 14.7. The summed E-state index contributed by atoms with van der Waals surface area (Å²) in [7, 11) is -4.10. The summed E-state index contributed by atoms with van der Waals surface area (Å²) in [6.45, 7) is 1.41. The second kappa shape index (κ2) is 14.2. The lowest BCUT2D eigenvalue weighted by atomic mass is 9.95. The number of sulfonamides is 1. The van der Waals surface area contributed by atoms with E-state index in [1.54, 1.807) is 66.7 Å². The quantitative estimate of drug-likeness (QED) is 0.269. The van der Waals surface area contributed by atoms with Gasteiger partial charge >= 0.3 is 0 Å². The molecule has 0 aliphatic heterocycles. The minimum absolute atomic E-state index is 0.0559. The molecule has 1 N–H and O–H groups in total. The van der Waals surface area contributed by atoms with Gasteiger partial charge in [0.2, 0.25) is 11.8 Å². The van der Waals surface area contributed by atoms with Gasteiger partial charge in [0.25, 0.3) is 10.0 Å². The number of amides is 2. The van der Waals surface area contributed by atoms with E-state index in [0.29, 0.717) is 27.7 Å². The van der Waals surface area contributed by atoms with E-state index in [-0.39, 0.29) is 23.4 Å². The number of benzene rings is 3. The van der Waals surface area contributed by atoms with Gasteiger partial charge < -0.3 is 10.2 Å². The molecule has 10 heteroatoms. The Kier molecular flexibility index (Phi) is 10.7. The van der Waals surface area contributed by atoms with Crippen molar-refractivity contribution in [1.29, 1.82) is 0 Å². The van der Waals surface area contributed by atoms with Crippen molar-refractivity contribution in [1.82, 2.24) is 10.2 Å². The molecule has 41 heavy (non-hydrogen) atoms. The average molecular weight is 617 g/mol. The zero-order valence-electron chi connectivity index (χ0n) is 23.0. The van der Waals surface area contributed by atoms with Crippen LogP contribution in [0.4, 0.5) is 5.69 Å². The van der Waals surface area contributed by atoms with E-state index < -0.39 is 28.5 Å². The van der Waals surface area contributed by atoms with Gasteiger partial charge in [0.15, 0.2) is 0 Å². The number of carbonyl (C=O) groups excluding carboxylic acids is 2. The number of rotatable bonds is 11. The maximum atomic E-state index is 14.1. The summed E-state index contributed by atoms with van der Waals surface area (Å²) in [5.74, 6) is -0.755. The fraction of sp³-hybridized carbons (Fsp3) is 0.355. The molecule has 4 rings (SSSR count). The highest BCUT2D eigenvalue weighted by Gasteiger charge is 2.34. The number of carbonyl (C=O) groups is 2. The minimum atomic E-state index is -4.10. The lowest BCUT2D eigenvalue weighted by Crippen LogP contribution is -2.54. The Labute approximate surface area is 252 Å². The monoisotopic (exact) mass is 615 g/mol. The molecule has 0 spiro atoms. The summed E-state index contributed by atoms with van der Waals surface area (Å²) in [6.07, 6.45) is 5.41. The van der Waals surface area contributed by atoms with Crippen LogP contribution in [0.15, 0.2) is 83.8 Å². The Bertz CT molecular complexity index is 1430. The third-order valence-corrected chi connectivity index (χ3v) is 9.86. The summed E-state index contributed by atoms with van der Waals surface area (Å²) >= 11 is 12.4. The summed E-state index contributed by atoms with van der Waals surface area (Å²) in [5, 5.41) is 3.84. The van der Waals surface area contributed by atoms with E-state index in [1.165, 1.54) is 17.0 Å². The molecule has 0 aromatic heterocycles. The molecule has 1 saturated carbocycles. The first kappa shape index (κ1) is 30.9. The van der Waals surface area contributed by atoms with Crippen LogP contribution >= 0.6 is 23.2 Å². The van der Waals surface area contributed by atoms with Crippen molar-refractivity contribution in [3.05, 3.63) is 94.5 Å². The van der Waals surface area contributed by atoms with Crippen LogP contribution in [0.5, 0.6) is 0 Å². The number of para-hydroxylation sites is 1. The van der Waals surface area contributed by atoms with Crippen molar-refractivity contribution < 1.29 is 18.0 Å². The van der Waals surface area contributed by atoms with Crippen molar-refractivity contribution in [3.63, 3.8) is 0 Å². The lowest BCUT2D eigenvalue weighted by Gasteiger charge is -2.34. The second-order valence-corrected chi connectivity index (χ2v) is 12.9. The van der Waals surface area contributed by atoms with Crippen LogP contribution in [0.25, 0.3) is 0 Å². The van der Waals surface area contributed by atoms with Gasteiger partial charge in [-0.2, -0.15) is 0 Å². The zero-order chi connectivity index (χ0) is 29.4. The van der Waals surface area contributed by atoms with Crippen LogP contribution in [0.2, 0.25) is 10.0 Å². The lowest BCUT2D eigenvalue weighted by molar-refractivity contribution is -0.140. The topological polar surface area (TPSA) is 86.8 Å². The first-order valence-corrected chi connectivity index (χ1v) is 16.1. The largest absolute Gasteiger partial charge is 0.352 e. The third kappa shape index (κ3) is 7.82. The molecule has 2 amide bonds. The molecule has 0 bridgehead atoms. The van der Waals surface area contributed by atoms with Gasteiger partial charge in [0, 0.05) is 12.6 Å². The molecule has 1 aliphatic rings. The zero-order valence-corrected chi connectivity index (χ0v) is 25.3. The van der Waals surface area contributed by atoms with Crippen LogP contribution < -0.4 is 9.62 Å². The van der Waals surface area contributed by atoms with Gasteiger partial charge in [0.05, 0.1) is 20.6 Å². The van der Waals surface area contributed by atoms with Crippen molar-refractivity contribution >= 4 is 50.7 Å². The van der Waals surface area contributed by atoms with Crippen molar-refractivity contribution in [2.24, 2.45) is 0 Å². The highest BCUT2D eigenvalue weighted by molar-refractivity contribution is 7.92. The van der Waals surface area contributed by atoms with Crippen LogP contribution in [-0.4, -0.2) is 43.8 Å².